The Hall–Kier alpha value is -2.97. The fraction of sp³-hybridized carbons (Fsp3) is 0.333. The number of hydrogen-bond donors (Lipinski definition) is 1. The lowest BCUT2D eigenvalue weighted by molar-refractivity contribution is 0.0924. The van der Waals surface area contributed by atoms with E-state index in [1.54, 1.807) is 10.9 Å². The van der Waals surface area contributed by atoms with Crippen LogP contribution in [0.3, 0.4) is 0 Å². The van der Waals surface area contributed by atoms with Gasteiger partial charge in [-0.15, -0.1) is 0 Å². The molecule has 1 fully saturated rings. The maximum absolute atomic E-state index is 13.3. The van der Waals surface area contributed by atoms with Gasteiger partial charge in [0, 0.05) is 30.9 Å². The highest BCUT2D eigenvalue weighted by atomic mass is 32.2. The van der Waals surface area contributed by atoms with Crippen LogP contribution in [0.2, 0.25) is 0 Å². The summed E-state index contributed by atoms with van der Waals surface area (Å²) in [6.45, 7) is 4.93. The largest absolute Gasteiger partial charge is 0.349 e. The van der Waals surface area contributed by atoms with Crippen LogP contribution in [0.1, 0.15) is 34.3 Å². The quantitative estimate of drug-likeness (QED) is 0.644. The van der Waals surface area contributed by atoms with Crippen LogP contribution in [0.25, 0.3) is 16.9 Å². The summed E-state index contributed by atoms with van der Waals surface area (Å²) in [5, 5.41) is 7.84. The number of hydrogen-bond acceptors (Lipinski definition) is 4. The van der Waals surface area contributed by atoms with Crippen molar-refractivity contribution < 1.29 is 13.2 Å². The molecule has 2 aromatic carbocycles. The average Bonchev–Trinajstić information content (AvgIpc) is 3.22. The maximum atomic E-state index is 13.3. The number of piperidine rings is 1. The van der Waals surface area contributed by atoms with Gasteiger partial charge in [0.15, 0.2) is 0 Å². The summed E-state index contributed by atoms with van der Waals surface area (Å²) >= 11 is 0. The number of para-hydroxylation sites is 1. The second kappa shape index (κ2) is 8.88. The number of amides is 1. The van der Waals surface area contributed by atoms with E-state index in [-0.39, 0.29) is 11.9 Å². The Balaban J connectivity index is 1.62. The van der Waals surface area contributed by atoms with E-state index in [1.807, 2.05) is 55.5 Å². The highest BCUT2D eigenvalue weighted by molar-refractivity contribution is 7.88. The summed E-state index contributed by atoms with van der Waals surface area (Å²) in [4.78, 5) is 13.3. The number of aromatic nitrogens is 2. The Morgan fingerprint density at radius 2 is 1.72 bits per heavy atom. The van der Waals surface area contributed by atoms with Crippen LogP contribution in [-0.2, 0) is 10.0 Å². The summed E-state index contributed by atoms with van der Waals surface area (Å²) in [5.74, 6) is -0.196. The number of carbonyl (C=O) groups excluding carboxylic acids is 1. The minimum Gasteiger partial charge on any atom is -0.349 e. The number of nitrogens with zero attached hydrogens (tertiary/aromatic N) is 3. The zero-order chi connectivity index (χ0) is 22.9. The third-order valence-corrected chi connectivity index (χ3v) is 7.32. The Bertz CT molecular complexity index is 1230. The van der Waals surface area contributed by atoms with E-state index in [0.717, 1.165) is 16.8 Å². The van der Waals surface area contributed by atoms with Gasteiger partial charge in [0.25, 0.3) is 5.91 Å². The maximum Gasteiger partial charge on any atom is 0.255 e. The van der Waals surface area contributed by atoms with Crippen molar-refractivity contribution in [2.75, 3.05) is 19.3 Å². The van der Waals surface area contributed by atoms with Crippen molar-refractivity contribution in [2.24, 2.45) is 0 Å². The van der Waals surface area contributed by atoms with E-state index in [9.17, 15) is 13.2 Å². The topological polar surface area (TPSA) is 84.3 Å². The highest BCUT2D eigenvalue weighted by Crippen LogP contribution is 2.26. The summed E-state index contributed by atoms with van der Waals surface area (Å²) in [5.41, 5.74) is 5.21. The minimum atomic E-state index is -3.20. The van der Waals surface area contributed by atoms with Crippen LogP contribution in [0, 0.1) is 13.8 Å². The smallest absolute Gasteiger partial charge is 0.255 e. The van der Waals surface area contributed by atoms with Gasteiger partial charge in [0.05, 0.1) is 17.5 Å². The van der Waals surface area contributed by atoms with E-state index in [0.29, 0.717) is 37.2 Å². The monoisotopic (exact) mass is 452 g/mol. The van der Waals surface area contributed by atoms with Crippen molar-refractivity contribution >= 4 is 15.9 Å². The van der Waals surface area contributed by atoms with Gasteiger partial charge in [-0.25, -0.2) is 17.4 Å². The molecule has 0 unspecified atom stereocenters. The summed E-state index contributed by atoms with van der Waals surface area (Å²) in [6, 6.07) is 15.7. The summed E-state index contributed by atoms with van der Waals surface area (Å²) in [6.07, 6.45) is 4.16. The van der Waals surface area contributed by atoms with E-state index < -0.39 is 10.0 Å². The van der Waals surface area contributed by atoms with E-state index >= 15 is 0 Å². The Kier molecular flexibility index (Phi) is 6.17. The molecule has 2 heterocycles. The molecule has 32 heavy (non-hydrogen) atoms. The number of nitrogens with one attached hydrogen (secondary N) is 1. The molecule has 1 amide bonds. The molecule has 0 radical (unpaired) electrons. The van der Waals surface area contributed by atoms with Gasteiger partial charge < -0.3 is 5.32 Å². The van der Waals surface area contributed by atoms with Crippen LogP contribution < -0.4 is 5.32 Å². The fourth-order valence-electron chi connectivity index (χ4n) is 3.95. The number of sulfonamides is 1. The van der Waals surface area contributed by atoms with Crippen molar-refractivity contribution in [3.63, 3.8) is 0 Å². The molecular formula is C24H28N4O3S. The minimum absolute atomic E-state index is 0.0758. The Labute approximate surface area is 189 Å². The molecule has 7 nitrogen and oxygen atoms in total. The Morgan fingerprint density at radius 3 is 2.34 bits per heavy atom. The first-order valence-electron chi connectivity index (χ1n) is 10.7. The molecule has 3 aromatic rings. The second-order valence-electron chi connectivity index (χ2n) is 8.38. The van der Waals surface area contributed by atoms with Gasteiger partial charge in [-0.2, -0.15) is 5.10 Å². The first-order chi connectivity index (χ1) is 15.2. The molecule has 1 aromatic heterocycles. The second-order valence-corrected chi connectivity index (χ2v) is 10.4. The normalized spacial score (nSPS) is 15.6. The lowest BCUT2D eigenvalue weighted by atomic mass is 10.0. The fourth-order valence-corrected chi connectivity index (χ4v) is 4.82. The van der Waals surface area contributed by atoms with Crippen LogP contribution in [0.15, 0.2) is 54.7 Å². The van der Waals surface area contributed by atoms with Crippen molar-refractivity contribution in [3.8, 4) is 16.9 Å². The first-order valence-corrected chi connectivity index (χ1v) is 12.6. The molecule has 0 bridgehead atoms. The molecule has 0 aliphatic carbocycles. The van der Waals surface area contributed by atoms with E-state index in [2.05, 4.69) is 12.2 Å². The van der Waals surface area contributed by atoms with Crippen molar-refractivity contribution in [3.05, 3.63) is 71.4 Å². The van der Waals surface area contributed by atoms with Crippen LogP contribution in [0.5, 0.6) is 0 Å². The van der Waals surface area contributed by atoms with Gasteiger partial charge in [0.2, 0.25) is 10.0 Å². The number of aryl methyl sites for hydroxylation is 2. The molecule has 8 heteroatoms. The van der Waals surface area contributed by atoms with Crippen molar-refractivity contribution in [1.82, 2.24) is 19.4 Å². The number of benzene rings is 2. The molecule has 1 N–H and O–H groups in total. The molecule has 1 aliphatic heterocycles. The zero-order valence-corrected chi connectivity index (χ0v) is 19.4. The molecular weight excluding hydrogens is 424 g/mol. The molecule has 0 atom stereocenters. The predicted octanol–water partition coefficient (Wildman–Crippen LogP) is 3.31. The van der Waals surface area contributed by atoms with Crippen LogP contribution in [-0.4, -0.2) is 53.8 Å². The molecule has 4 rings (SSSR count). The number of carbonyl (C=O) groups is 1. The Morgan fingerprint density at radius 1 is 1.03 bits per heavy atom. The van der Waals surface area contributed by atoms with Gasteiger partial charge in [-0.1, -0.05) is 30.3 Å². The van der Waals surface area contributed by atoms with Crippen LogP contribution in [0.4, 0.5) is 0 Å². The standard InChI is InChI=1S/C24H28N4O3S/c1-17-9-10-19(15-18(17)2)23-22(16-28(26-23)21-7-5-4-6-8-21)24(29)25-20-11-13-27(14-12-20)32(3,30)31/h4-10,15-16,20H,11-14H2,1-3H3,(H,25,29). The molecule has 0 saturated carbocycles. The van der Waals surface area contributed by atoms with Gasteiger partial charge >= 0.3 is 0 Å². The number of rotatable bonds is 5. The van der Waals surface area contributed by atoms with Gasteiger partial charge in [-0.3, -0.25) is 4.79 Å². The molecule has 0 spiro atoms. The summed E-state index contributed by atoms with van der Waals surface area (Å²) in [7, 11) is -3.20. The average molecular weight is 453 g/mol. The SMILES string of the molecule is Cc1ccc(-c2nn(-c3ccccc3)cc2C(=O)NC2CCN(S(C)(=O)=O)CC2)cc1C. The lowest BCUT2D eigenvalue weighted by Gasteiger charge is -2.30. The van der Waals surface area contributed by atoms with E-state index in [4.69, 9.17) is 5.10 Å². The predicted molar refractivity (Wildman–Crippen MR) is 125 cm³/mol. The third-order valence-electron chi connectivity index (χ3n) is 6.02. The summed E-state index contributed by atoms with van der Waals surface area (Å²) < 4.78 is 26.7. The lowest BCUT2D eigenvalue weighted by Crippen LogP contribution is -2.46. The third kappa shape index (κ3) is 4.76. The molecule has 1 saturated heterocycles. The van der Waals surface area contributed by atoms with Gasteiger partial charge in [-0.05, 0) is 56.0 Å². The zero-order valence-electron chi connectivity index (χ0n) is 18.6. The van der Waals surface area contributed by atoms with E-state index in [1.165, 1.54) is 16.1 Å². The van der Waals surface area contributed by atoms with Crippen molar-refractivity contribution in [1.29, 1.82) is 0 Å². The van der Waals surface area contributed by atoms with Crippen molar-refractivity contribution in [2.45, 2.75) is 32.7 Å². The van der Waals surface area contributed by atoms with Gasteiger partial charge in [0.1, 0.15) is 5.69 Å². The first kappa shape index (κ1) is 22.2. The highest BCUT2D eigenvalue weighted by Gasteiger charge is 2.27. The molecule has 1 aliphatic rings. The molecule has 168 valence electrons. The van der Waals surface area contributed by atoms with Crippen LogP contribution >= 0.6 is 0 Å².